The Labute approximate surface area is 218 Å². The van der Waals surface area contributed by atoms with Gasteiger partial charge in [0, 0.05) is 29.7 Å². The van der Waals surface area contributed by atoms with Crippen molar-refractivity contribution in [1.82, 2.24) is 19.8 Å². The Morgan fingerprint density at radius 1 is 1.06 bits per heavy atom. The van der Waals surface area contributed by atoms with E-state index in [9.17, 15) is 18.0 Å². The molecule has 0 radical (unpaired) electrons. The molecule has 36 heavy (non-hydrogen) atoms. The molecule has 10 heteroatoms. The summed E-state index contributed by atoms with van der Waals surface area (Å²) in [6, 6.07) is 12.2. The van der Waals surface area contributed by atoms with Gasteiger partial charge in [-0.3, -0.25) is 9.59 Å². The van der Waals surface area contributed by atoms with Gasteiger partial charge in [-0.1, -0.05) is 23.7 Å². The van der Waals surface area contributed by atoms with Gasteiger partial charge in [0.05, 0.1) is 4.90 Å². The van der Waals surface area contributed by atoms with Crippen molar-refractivity contribution < 1.29 is 18.0 Å². The zero-order valence-corrected chi connectivity index (χ0v) is 22.0. The second-order valence-electron chi connectivity index (χ2n) is 9.55. The highest BCUT2D eigenvalue weighted by Crippen LogP contribution is 2.26. The van der Waals surface area contributed by atoms with Crippen molar-refractivity contribution in [3.8, 4) is 0 Å². The van der Waals surface area contributed by atoms with E-state index in [1.807, 2.05) is 0 Å². The summed E-state index contributed by atoms with van der Waals surface area (Å²) >= 11 is 5.97. The Balaban J connectivity index is 1.54. The zero-order valence-electron chi connectivity index (χ0n) is 20.5. The SMILES string of the molecule is CN1CCC(NC(=O)c2ccc(CN([C@@H]3CCCCNC3=O)S(=O)(=O)c3ccc(Cl)cc3)cc2)CC1. The number of sulfonamides is 1. The number of nitrogens with zero attached hydrogens (tertiary/aromatic N) is 2. The first-order chi connectivity index (χ1) is 17.2. The van der Waals surface area contributed by atoms with Crippen molar-refractivity contribution >= 4 is 33.4 Å². The molecule has 8 nitrogen and oxygen atoms in total. The molecular weight excluding hydrogens is 500 g/mol. The van der Waals surface area contributed by atoms with Crippen molar-refractivity contribution in [3.63, 3.8) is 0 Å². The maximum absolute atomic E-state index is 13.7. The number of likely N-dealkylation sites (tertiary alicyclic amines) is 1. The highest BCUT2D eigenvalue weighted by Gasteiger charge is 2.36. The number of rotatable bonds is 7. The largest absolute Gasteiger partial charge is 0.355 e. The molecule has 0 aliphatic carbocycles. The van der Waals surface area contributed by atoms with Crippen LogP contribution in [-0.2, 0) is 21.4 Å². The first-order valence-corrected chi connectivity index (χ1v) is 14.2. The Hall–Kier alpha value is -2.46. The van der Waals surface area contributed by atoms with Crippen molar-refractivity contribution in [2.24, 2.45) is 0 Å². The monoisotopic (exact) mass is 532 g/mol. The van der Waals surface area contributed by atoms with Crippen LogP contribution in [0.1, 0.15) is 48.0 Å². The molecule has 2 aromatic carbocycles. The number of hydrogen-bond donors (Lipinski definition) is 2. The summed E-state index contributed by atoms with van der Waals surface area (Å²) in [5.41, 5.74) is 1.22. The molecule has 2 aliphatic rings. The van der Waals surface area contributed by atoms with Crippen molar-refractivity contribution in [1.29, 1.82) is 0 Å². The van der Waals surface area contributed by atoms with Crippen LogP contribution in [0, 0.1) is 0 Å². The van der Waals surface area contributed by atoms with E-state index in [4.69, 9.17) is 11.6 Å². The maximum atomic E-state index is 13.7. The molecule has 0 aromatic heterocycles. The number of amides is 2. The Kier molecular flexibility index (Phi) is 8.66. The third kappa shape index (κ3) is 6.45. The molecule has 194 valence electrons. The Morgan fingerprint density at radius 2 is 1.72 bits per heavy atom. The number of halogens is 1. The molecule has 2 saturated heterocycles. The molecule has 2 aliphatic heterocycles. The van der Waals surface area contributed by atoms with Crippen LogP contribution in [-0.4, -0.2) is 68.2 Å². The molecule has 0 spiro atoms. The predicted molar refractivity (Wildman–Crippen MR) is 139 cm³/mol. The van der Waals surface area contributed by atoms with Crippen LogP contribution in [0.2, 0.25) is 5.02 Å². The quantitative estimate of drug-likeness (QED) is 0.571. The lowest BCUT2D eigenvalue weighted by atomic mass is 10.0. The van der Waals surface area contributed by atoms with Gasteiger partial charge in [0.25, 0.3) is 5.91 Å². The molecular formula is C26H33ClN4O4S. The van der Waals surface area contributed by atoms with E-state index in [0.717, 1.165) is 38.8 Å². The van der Waals surface area contributed by atoms with Crippen LogP contribution < -0.4 is 10.6 Å². The lowest BCUT2D eigenvalue weighted by Crippen LogP contribution is -2.48. The van der Waals surface area contributed by atoms with Crippen LogP contribution in [0.3, 0.4) is 0 Å². The summed E-state index contributed by atoms with van der Waals surface area (Å²) in [6.45, 7) is 2.46. The highest BCUT2D eigenvalue weighted by atomic mass is 35.5. The van der Waals surface area contributed by atoms with E-state index >= 15 is 0 Å². The maximum Gasteiger partial charge on any atom is 0.251 e. The highest BCUT2D eigenvalue weighted by molar-refractivity contribution is 7.89. The van der Waals surface area contributed by atoms with Crippen LogP contribution in [0.4, 0.5) is 0 Å². The molecule has 2 heterocycles. The summed E-state index contributed by atoms with van der Waals surface area (Å²) in [5, 5.41) is 6.36. The van der Waals surface area contributed by atoms with Crippen molar-refractivity contribution in [2.45, 2.75) is 55.6 Å². The van der Waals surface area contributed by atoms with E-state index in [1.54, 1.807) is 24.3 Å². The minimum absolute atomic E-state index is 0.0138. The average Bonchev–Trinajstić information content (AvgIpc) is 3.08. The van der Waals surface area contributed by atoms with Crippen molar-refractivity contribution in [2.75, 3.05) is 26.7 Å². The number of piperidine rings is 1. The summed E-state index contributed by atoms with van der Waals surface area (Å²) in [4.78, 5) is 27.9. The topological polar surface area (TPSA) is 98.8 Å². The minimum atomic E-state index is -3.98. The summed E-state index contributed by atoms with van der Waals surface area (Å²) in [6.07, 6.45) is 3.82. The molecule has 1 atom stereocenters. The molecule has 4 rings (SSSR count). The lowest BCUT2D eigenvalue weighted by molar-refractivity contribution is -0.124. The average molecular weight is 533 g/mol. The molecule has 0 bridgehead atoms. The fraction of sp³-hybridized carbons (Fsp3) is 0.462. The predicted octanol–water partition coefficient (Wildman–Crippen LogP) is 3.02. The Bertz CT molecular complexity index is 1160. The van der Waals surface area contributed by atoms with Crippen LogP contribution >= 0.6 is 11.6 Å². The second-order valence-corrected chi connectivity index (χ2v) is 11.9. The van der Waals surface area contributed by atoms with E-state index < -0.39 is 16.1 Å². The molecule has 0 unspecified atom stereocenters. The minimum Gasteiger partial charge on any atom is -0.355 e. The summed E-state index contributed by atoms with van der Waals surface area (Å²) in [5.74, 6) is -0.427. The fourth-order valence-electron chi connectivity index (χ4n) is 4.67. The zero-order chi connectivity index (χ0) is 25.7. The van der Waals surface area contributed by atoms with Gasteiger partial charge >= 0.3 is 0 Å². The molecule has 2 N–H and O–H groups in total. The summed E-state index contributed by atoms with van der Waals surface area (Å²) < 4.78 is 28.6. The van der Waals surface area contributed by atoms with Gasteiger partial charge < -0.3 is 15.5 Å². The van der Waals surface area contributed by atoms with Crippen LogP contribution in [0.15, 0.2) is 53.4 Å². The number of nitrogens with one attached hydrogen (secondary N) is 2. The second kappa shape index (κ2) is 11.7. The van der Waals surface area contributed by atoms with Gasteiger partial charge in [-0.25, -0.2) is 8.42 Å². The number of hydrogen-bond acceptors (Lipinski definition) is 5. The smallest absolute Gasteiger partial charge is 0.251 e. The molecule has 2 fully saturated rings. The van der Waals surface area contributed by atoms with Gasteiger partial charge in [0.1, 0.15) is 6.04 Å². The number of carbonyl (C=O) groups is 2. The fourth-order valence-corrected chi connectivity index (χ4v) is 6.40. The van der Waals surface area contributed by atoms with Gasteiger partial charge in [-0.2, -0.15) is 4.31 Å². The van der Waals surface area contributed by atoms with Crippen LogP contribution in [0.25, 0.3) is 0 Å². The normalized spacial score (nSPS) is 20.1. The summed E-state index contributed by atoms with van der Waals surface area (Å²) in [7, 11) is -1.91. The Morgan fingerprint density at radius 3 is 2.39 bits per heavy atom. The van der Waals surface area contributed by atoms with Gasteiger partial charge in [0.2, 0.25) is 15.9 Å². The van der Waals surface area contributed by atoms with Gasteiger partial charge in [-0.05, 0) is 94.2 Å². The first-order valence-electron chi connectivity index (χ1n) is 12.4. The van der Waals surface area contributed by atoms with E-state index in [1.165, 1.54) is 28.6 Å². The molecule has 2 aromatic rings. The first kappa shape index (κ1) is 26.6. The number of carbonyl (C=O) groups excluding carboxylic acids is 2. The molecule has 0 saturated carbocycles. The standard InChI is InChI=1S/C26H33ClN4O4S/c1-30-16-13-22(14-17-30)29-25(32)20-7-5-19(6-8-20)18-31(24-4-2-3-15-28-26(24)33)36(34,35)23-11-9-21(27)10-12-23/h5-12,22,24H,2-4,13-18H2,1H3,(H,28,33)(H,29,32)/t24-/m1/s1. The van der Waals surface area contributed by atoms with E-state index in [2.05, 4.69) is 22.6 Å². The molecule has 2 amide bonds. The van der Waals surface area contributed by atoms with Gasteiger partial charge in [0.15, 0.2) is 0 Å². The number of benzene rings is 2. The van der Waals surface area contributed by atoms with E-state index in [-0.39, 0.29) is 29.3 Å². The lowest BCUT2D eigenvalue weighted by Gasteiger charge is -2.30. The van der Waals surface area contributed by atoms with Crippen LogP contribution in [0.5, 0.6) is 0 Å². The third-order valence-corrected chi connectivity index (χ3v) is 9.00. The third-order valence-electron chi connectivity index (χ3n) is 6.88. The van der Waals surface area contributed by atoms with E-state index in [0.29, 0.717) is 29.1 Å². The van der Waals surface area contributed by atoms with Crippen molar-refractivity contribution in [3.05, 3.63) is 64.7 Å². The van der Waals surface area contributed by atoms with Gasteiger partial charge in [-0.15, -0.1) is 0 Å².